The maximum Gasteiger partial charge on any atom is 0.234 e. The second kappa shape index (κ2) is 9.81. The topological polar surface area (TPSA) is 114 Å². The van der Waals surface area contributed by atoms with Crippen LogP contribution < -0.4 is 5.73 Å². The van der Waals surface area contributed by atoms with E-state index in [4.69, 9.17) is 33.9 Å². The molecule has 2 aliphatic rings. The first kappa shape index (κ1) is 24.7. The number of fused-ring (bicyclic) bond motifs is 1. The highest BCUT2D eigenvalue weighted by Gasteiger charge is 2.37. The Morgan fingerprint density at radius 2 is 2.11 bits per heavy atom. The van der Waals surface area contributed by atoms with E-state index in [2.05, 4.69) is 34.1 Å². The summed E-state index contributed by atoms with van der Waals surface area (Å²) in [6.45, 7) is 5.03. The van der Waals surface area contributed by atoms with Gasteiger partial charge in [-0.15, -0.1) is 0 Å². The highest BCUT2D eigenvalue weighted by atomic mass is 35.5. The lowest BCUT2D eigenvalue weighted by Crippen LogP contribution is -2.48. The van der Waals surface area contributed by atoms with Crippen molar-refractivity contribution in [3.05, 3.63) is 57.5 Å². The summed E-state index contributed by atoms with van der Waals surface area (Å²) in [6.07, 6.45) is 7.50. The van der Waals surface area contributed by atoms with Crippen LogP contribution in [0.3, 0.4) is 0 Å². The number of carbonyl (C=O) groups is 1. The van der Waals surface area contributed by atoms with E-state index in [1.165, 1.54) is 0 Å². The summed E-state index contributed by atoms with van der Waals surface area (Å²) in [6, 6.07) is 7.27. The molecule has 36 heavy (non-hydrogen) atoms. The molecule has 186 valence electrons. The molecule has 5 rings (SSSR count). The van der Waals surface area contributed by atoms with Crippen molar-refractivity contribution in [2.45, 2.75) is 57.7 Å². The molecule has 1 amide bonds. The standard InChI is InChI=1S/C26H27Cl2N7O/c1-14-10-16(5-8-22(14)34-9-3-4-23(34)25(30)36)21-13-31-24-20(12-29)33-35(26(24)32-21)15(2)18-7-6-17(27)11-19(18)28/h6-7,10-11,13-15,22-23H,3-5,8-9H2,1-2H3,(H2,30,36). The second-order valence-electron chi connectivity index (χ2n) is 9.63. The fraction of sp³-hybridized carbons (Fsp3) is 0.423. The first-order chi connectivity index (χ1) is 17.3. The Kier molecular flexibility index (Phi) is 6.73. The Morgan fingerprint density at radius 3 is 2.81 bits per heavy atom. The van der Waals surface area contributed by atoms with Crippen molar-refractivity contribution < 1.29 is 4.79 Å². The number of hydrogen-bond donors (Lipinski definition) is 1. The largest absolute Gasteiger partial charge is 0.368 e. The van der Waals surface area contributed by atoms with Crippen LogP contribution in [0, 0.1) is 17.2 Å². The third kappa shape index (κ3) is 4.36. The Morgan fingerprint density at radius 1 is 1.31 bits per heavy atom. The summed E-state index contributed by atoms with van der Waals surface area (Å²) < 4.78 is 1.71. The van der Waals surface area contributed by atoms with Crippen molar-refractivity contribution in [3.8, 4) is 6.07 Å². The third-order valence-corrected chi connectivity index (χ3v) is 8.01. The number of nitrogens with zero attached hydrogens (tertiary/aromatic N) is 6. The van der Waals surface area contributed by atoms with Crippen LogP contribution >= 0.6 is 23.2 Å². The van der Waals surface area contributed by atoms with Crippen molar-refractivity contribution in [2.24, 2.45) is 11.7 Å². The molecule has 0 bridgehead atoms. The number of likely N-dealkylation sites (tertiary alicyclic amines) is 1. The van der Waals surface area contributed by atoms with Gasteiger partial charge in [-0.05, 0) is 68.3 Å². The SMILES string of the molecule is CC1C=C(c2cnc3c(C#N)nn(C(C)c4ccc(Cl)cc4Cl)c3n2)CCC1N1CCCC1C(N)=O. The van der Waals surface area contributed by atoms with Crippen LogP contribution in [-0.4, -0.2) is 49.2 Å². The van der Waals surface area contributed by atoms with E-state index < -0.39 is 0 Å². The minimum absolute atomic E-state index is 0.177. The average molecular weight is 524 g/mol. The lowest BCUT2D eigenvalue weighted by atomic mass is 9.84. The number of primary amides is 1. The monoisotopic (exact) mass is 523 g/mol. The van der Waals surface area contributed by atoms with Gasteiger partial charge in [-0.3, -0.25) is 9.69 Å². The first-order valence-electron chi connectivity index (χ1n) is 12.1. The van der Waals surface area contributed by atoms with Gasteiger partial charge in [-0.25, -0.2) is 14.6 Å². The Hall–Kier alpha value is -2.99. The third-order valence-electron chi connectivity index (χ3n) is 7.45. The lowest BCUT2D eigenvalue weighted by molar-refractivity contribution is -0.123. The summed E-state index contributed by atoms with van der Waals surface area (Å²) in [5.74, 6) is -0.000149. The molecule has 1 aliphatic carbocycles. The van der Waals surface area contributed by atoms with Gasteiger partial charge in [0.15, 0.2) is 11.3 Å². The van der Waals surface area contributed by atoms with E-state index in [9.17, 15) is 10.1 Å². The predicted octanol–water partition coefficient (Wildman–Crippen LogP) is 4.75. The van der Waals surface area contributed by atoms with Crippen molar-refractivity contribution in [1.82, 2.24) is 24.6 Å². The molecule has 1 aliphatic heterocycles. The lowest BCUT2D eigenvalue weighted by Gasteiger charge is -2.37. The minimum atomic E-state index is -0.284. The molecule has 0 radical (unpaired) electrons. The van der Waals surface area contributed by atoms with E-state index in [0.717, 1.165) is 49.1 Å². The molecule has 2 aromatic heterocycles. The Labute approximate surface area is 219 Å². The second-order valence-corrected chi connectivity index (χ2v) is 10.5. The predicted molar refractivity (Wildman–Crippen MR) is 139 cm³/mol. The smallest absolute Gasteiger partial charge is 0.234 e. The van der Waals surface area contributed by atoms with Crippen LogP contribution in [0.4, 0.5) is 0 Å². The molecule has 3 aromatic rings. The molecule has 0 spiro atoms. The van der Waals surface area contributed by atoms with Crippen molar-refractivity contribution >= 4 is 45.8 Å². The van der Waals surface area contributed by atoms with Crippen LogP contribution in [0.5, 0.6) is 0 Å². The summed E-state index contributed by atoms with van der Waals surface area (Å²) in [7, 11) is 0. The number of benzene rings is 1. The molecule has 2 N–H and O–H groups in total. The van der Waals surface area contributed by atoms with Crippen LogP contribution in [-0.2, 0) is 4.79 Å². The molecule has 8 nitrogen and oxygen atoms in total. The van der Waals surface area contributed by atoms with Gasteiger partial charge in [-0.2, -0.15) is 10.4 Å². The van der Waals surface area contributed by atoms with Gasteiger partial charge in [0.25, 0.3) is 0 Å². The maximum atomic E-state index is 11.9. The summed E-state index contributed by atoms with van der Waals surface area (Å²) in [5, 5.41) is 15.2. The number of halogens is 2. The van der Waals surface area contributed by atoms with Crippen LogP contribution in [0.2, 0.25) is 10.0 Å². The Bertz CT molecular complexity index is 1410. The zero-order valence-corrected chi connectivity index (χ0v) is 21.7. The fourth-order valence-electron chi connectivity index (χ4n) is 5.63. The van der Waals surface area contributed by atoms with E-state index in [1.807, 2.05) is 13.0 Å². The number of amides is 1. The van der Waals surface area contributed by atoms with E-state index in [0.29, 0.717) is 21.2 Å². The van der Waals surface area contributed by atoms with E-state index in [-0.39, 0.29) is 35.6 Å². The molecule has 1 saturated heterocycles. The van der Waals surface area contributed by atoms with Crippen molar-refractivity contribution in [3.63, 3.8) is 0 Å². The normalized spacial score (nSPS) is 23.4. The van der Waals surface area contributed by atoms with E-state index >= 15 is 0 Å². The molecule has 4 atom stereocenters. The van der Waals surface area contributed by atoms with Crippen LogP contribution in [0.15, 0.2) is 30.5 Å². The molecule has 1 aromatic carbocycles. The van der Waals surface area contributed by atoms with Crippen molar-refractivity contribution in [2.75, 3.05) is 6.54 Å². The molecule has 0 saturated carbocycles. The zero-order valence-electron chi connectivity index (χ0n) is 20.2. The molecule has 3 heterocycles. The van der Waals surface area contributed by atoms with Gasteiger partial charge < -0.3 is 5.73 Å². The number of hydrogen-bond acceptors (Lipinski definition) is 6. The number of carbonyl (C=O) groups excluding carboxylic acids is 1. The van der Waals surface area contributed by atoms with Crippen LogP contribution in [0.25, 0.3) is 16.7 Å². The van der Waals surface area contributed by atoms with Crippen molar-refractivity contribution in [1.29, 1.82) is 5.26 Å². The summed E-state index contributed by atoms with van der Waals surface area (Å²) in [5.41, 5.74) is 9.57. The number of nitriles is 1. The first-order valence-corrected chi connectivity index (χ1v) is 12.9. The van der Waals surface area contributed by atoms with Gasteiger partial charge in [0.1, 0.15) is 11.6 Å². The molecular weight excluding hydrogens is 497 g/mol. The maximum absolute atomic E-state index is 11.9. The fourth-order valence-corrected chi connectivity index (χ4v) is 6.20. The summed E-state index contributed by atoms with van der Waals surface area (Å²) >= 11 is 12.5. The number of nitrogens with two attached hydrogens (primary N) is 1. The highest BCUT2D eigenvalue weighted by molar-refractivity contribution is 6.35. The Balaban J connectivity index is 1.49. The molecule has 4 unspecified atom stereocenters. The van der Waals surface area contributed by atoms with Gasteiger partial charge in [-0.1, -0.05) is 42.3 Å². The summed E-state index contributed by atoms with van der Waals surface area (Å²) in [4.78, 5) is 23.7. The van der Waals surface area contributed by atoms with Gasteiger partial charge >= 0.3 is 0 Å². The quantitative estimate of drug-likeness (QED) is 0.516. The molecule has 10 heteroatoms. The van der Waals surface area contributed by atoms with Gasteiger partial charge in [0.2, 0.25) is 5.91 Å². The highest BCUT2D eigenvalue weighted by Crippen LogP contribution is 2.36. The molecular formula is C26H27Cl2N7O. The van der Waals surface area contributed by atoms with E-state index in [1.54, 1.807) is 23.0 Å². The minimum Gasteiger partial charge on any atom is -0.368 e. The van der Waals surface area contributed by atoms with Crippen LogP contribution in [0.1, 0.15) is 62.5 Å². The van der Waals surface area contributed by atoms with Gasteiger partial charge in [0.05, 0.1) is 24.0 Å². The average Bonchev–Trinajstić information content (AvgIpc) is 3.48. The zero-order chi connectivity index (χ0) is 25.6. The number of rotatable bonds is 5. The van der Waals surface area contributed by atoms with Gasteiger partial charge in [0, 0.05) is 16.1 Å². The molecule has 1 fully saturated rings. The number of allylic oxidation sites excluding steroid dienone is 1. The number of aromatic nitrogens is 4.